The second-order valence-electron chi connectivity index (χ2n) is 6.24. The minimum atomic E-state index is -5.60. The van der Waals surface area contributed by atoms with Crippen molar-refractivity contribution < 1.29 is 31.5 Å². The van der Waals surface area contributed by atoms with E-state index in [2.05, 4.69) is 10.3 Å². The largest absolute Gasteiger partial charge is 0.454 e. The van der Waals surface area contributed by atoms with E-state index in [0.29, 0.717) is 5.56 Å². The molecule has 144 valence electrons. The number of hydrogen-bond acceptors (Lipinski definition) is 3. The number of amides is 1. The monoisotopic (exact) mass is 386 g/mol. The zero-order chi connectivity index (χ0) is 19.9. The Labute approximate surface area is 151 Å². The number of rotatable bonds is 5. The number of aromatic nitrogens is 1. The summed E-state index contributed by atoms with van der Waals surface area (Å²) in [4.78, 5) is 15.4. The second kappa shape index (κ2) is 6.47. The normalized spacial score (nSPS) is 15.9. The van der Waals surface area contributed by atoms with Crippen LogP contribution < -0.4 is 10.1 Å². The molecule has 0 saturated heterocycles. The number of halogens is 5. The van der Waals surface area contributed by atoms with Crippen LogP contribution in [0, 0.1) is 0 Å². The van der Waals surface area contributed by atoms with Crippen molar-refractivity contribution in [3.63, 3.8) is 0 Å². The minimum Gasteiger partial charge on any atom is -0.439 e. The van der Waals surface area contributed by atoms with E-state index in [1.165, 1.54) is 49.6 Å². The van der Waals surface area contributed by atoms with Gasteiger partial charge in [-0.2, -0.15) is 22.0 Å². The molecule has 4 nitrogen and oxygen atoms in total. The lowest BCUT2D eigenvalue weighted by atomic mass is 9.88. The van der Waals surface area contributed by atoms with Crippen LogP contribution in [0.1, 0.15) is 28.8 Å². The third-order valence-electron chi connectivity index (χ3n) is 4.56. The number of ether oxygens (including phenoxy) is 1. The molecule has 0 atom stereocenters. The van der Waals surface area contributed by atoms with Crippen molar-refractivity contribution >= 4 is 5.91 Å². The van der Waals surface area contributed by atoms with Crippen LogP contribution in [0.3, 0.4) is 0 Å². The maximum Gasteiger partial charge on any atom is 0.454 e. The first-order valence-corrected chi connectivity index (χ1v) is 8.02. The fraction of sp³-hybridized carbons (Fsp3) is 0.333. The van der Waals surface area contributed by atoms with Gasteiger partial charge in [-0.1, -0.05) is 12.1 Å². The van der Waals surface area contributed by atoms with E-state index >= 15 is 0 Å². The smallest absolute Gasteiger partial charge is 0.439 e. The molecular formula is C18H15F5N2O2. The summed E-state index contributed by atoms with van der Waals surface area (Å²) in [5, 5.41) is 2.44. The molecule has 0 spiro atoms. The van der Waals surface area contributed by atoms with Gasteiger partial charge in [-0.25, -0.2) is 4.98 Å². The molecule has 0 aliphatic heterocycles. The van der Waals surface area contributed by atoms with Crippen LogP contribution in [0.2, 0.25) is 0 Å². The van der Waals surface area contributed by atoms with Crippen molar-refractivity contribution in [2.24, 2.45) is 0 Å². The SMILES string of the molecule is CNC(=O)c1ccc(Oc2ccc(C3(C(F)(F)C(F)(F)F)CC3)cc2)nc1. The summed E-state index contributed by atoms with van der Waals surface area (Å²) in [6.45, 7) is 0. The molecule has 1 amide bonds. The maximum absolute atomic E-state index is 13.8. The molecular weight excluding hydrogens is 371 g/mol. The first kappa shape index (κ1) is 19.1. The summed E-state index contributed by atoms with van der Waals surface area (Å²) < 4.78 is 71.3. The number of hydrogen-bond donors (Lipinski definition) is 1. The Balaban J connectivity index is 1.76. The van der Waals surface area contributed by atoms with Gasteiger partial charge in [0.25, 0.3) is 5.91 Å². The van der Waals surface area contributed by atoms with Crippen molar-refractivity contribution in [1.29, 1.82) is 0 Å². The van der Waals surface area contributed by atoms with E-state index in [-0.39, 0.29) is 35.9 Å². The minimum absolute atomic E-state index is 0.0832. The van der Waals surface area contributed by atoms with Crippen molar-refractivity contribution in [2.45, 2.75) is 30.4 Å². The Morgan fingerprint density at radius 3 is 2.15 bits per heavy atom. The van der Waals surface area contributed by atoms with E-state index in [1.807, 2.05) is 0 Å². The van der Waals surface area contributed by atoms with Crippen molar-refractivity contribution in [2.75, 3.05) is 7.05 Å². The average molecular weight is 386 g/mol. The number of alkyl halides is 5. The molecule has 2 aromatic rings. The lowest BCUT2D eigenvalue weighted by Crippen LogP contribution is -2.47. The molecule has 9 heteroatoms. The summed E-state index contributed by atoms with van der Waals surface area (Å²) in [5.41, 5.74) is -1.97. The Bertz CT molecular complexity index is 828. The third kappa shape index (κ3) is 3.33. The van der Waals surface area contributed by atoms with Crippen molar-refractivity contribution in [1.82, 2.24) is 10.3 Å². The summed E-state index contributed by atoms with van der Waals surface area (Å²) in [5.74, 6) is -4.74. The highest BCUT2D eigenvalue weighted by Crippen LogP contribution is 2.63. The molecule has 1 heterocycles. The van der Waals surface area contributed by atoms with Gasteiger partial charge in [0.2, 0.25) is 5.88 Å². The van der Waals surface area contributed by atoms with E-state index in [0.717, 1.165) is 0 Å². The molecule has 1 aromatic carbocycles. The van der Waals surface area contributed by atoms with Crippen LogP contribution in [-0.4, -0.2) is 30.0 Å². The molecule has 3 rings (SSSR count). The maximum atomic E-state index is 13.8. The van der Waals surface area contributed by atoms with Crippen molar-refractivity contribution in [3.8, 4) is 11.6 Å². The number of pyridine rings is 1. The van der Waals surface area contributed by atoms with Crippen LogP contribution in [0.25, 0.3) is 0 Å². The Hall–Kier alpha value is -2.71. The topological polar surface area (TPSA) is 51.2 Å². The predicted octanol–water partition coefficient (Wildman–Crippen LogP) is 4.46. The molecule has 0 unspecified atom stereocenters. The van der Waals surface area contributed by atoms with Crippen LogP contribution >= 0.6 is 0 Å². The van der Waals surface area contributed by atoms with Gasteiger partial charge in [0.05, 0.1) is 11.0 Å². The molecule has 1 fully saturated rings. The summed E-state index contributed by atoms with van der Waals surface area (Å²) in [6.07, 6.45) is -4.77. The summed E-state index contributed by atoms with van der Waals surface area (Å²) in [7, 11) is 1.48. The van der Waals surface area contributed by atoms with Crippen molar-refractivity contribution in [3.05, 3.63) is 53.7 Å². The zero-order valence-corrected chi connectivity index (χ0v) is 14.1. The van der Waals surface area contributed by atoms with Crippen LogP contribution in [0.5, 0.6) is 11.6 Å². The van der Waals surface area contributed by atoms with Gasteiger partial charge in [0, 0.05) is 19.3 Å². The molecule has 1 N–H and O–H groups in total. The van der Waals surface area contributed by atoms with E-state index in [1.54, 1.807) is 0 Å². The molecule has 27 heavy (non-hydrogen) atoms. The first-order chi connectivity index (χ1) is 12.6. The second-order valence-corrected chi connectivity index (χ2v) is 6.24. The number of carbonyl (C=O) groups excluding carboxylic acids is 1. The Kier molecular flexibility index (Phi) is 4.57. The summed E-state index contributed by atoms with van der Waals surface area (Å²) >= 11 is 0. The van der Waals surface area contributed by atoms with Gasteiger partial charge < -0.3 is 10.1 Å². The quantitative estimate of drug-likeness (QED) is 0.772. The molecule has 1 aliphatic rings. The van der Waals surface area contributed by atoms with Gasteiger partial charge >= 0.3 is 12.1 Å². The molecule has 1 saturated carbocycles. The first-order valence-electron chi connectivity index (χ1n) is 8.02. The van der Waals surface area contributed by atoms with Crippen LogP contribution in [0.4, 0.5) is 22.0 Å². The van der Waals surface area contributed by atoms with E-state index in [4.69, 9.17) is 4.74 Å². The lowest BCUT2D eigenvalue weighted by molar-refractivity contribution is -0.296. The third-order valence-corrected chi connectivity index (χ3v) is 4.56. The molecule has 0 bridgehead atoms. The van der Waals surface area contributed by atoms with Gasteiger partial charge in [-0.3, -0.25) is 4.79 Å². The highest BCUT2D eigenvalue weighted by molar-refractivity contribution is 5.93. The molecule has 1 aliphatic carbocycles. The van der Waals surface area contributed by atoms with Gasteiger partial charge in [0.1, 0.15) is 5.75 Å². The number of benzene rings is 1. The number of nitrogens with zero attached hydrogens (tertiary/aromatic N) is 1. The molecule has 0 radical (unpaired) electrons. The fourth-order valence-electron chi connectivity index (χ4n) is 2.86. The van der Waals surface area contributed by atoms with Gasteiger partial charge in [0.15, 0.2) is 0 Å². The highest BCUT2D eigenvalue weighted by atomic mass is 19.4. The van der Waals surface area contributed by atoms with Crippen LogP contribution in [-0.2, 0) is 5.41 Å². The fourth-order valence-corrected chi connectivity index (χ4v) is 2.86. The lowest BCUT2D eigenvalue weighted by Gasteiger charge is -2.29. The zero-order valence-electron chi connectivity index (χ0n) is 14.1. The number of nitrogens with one attached hydrogen (secondary N) is 1. The average Bonchev–Trinajstić information content (AvgIpc) is 3.44. The summed E-state index contributed by atoms with van der Waals surface area (Å²) in [6, 6.07) is 7.98. The van der Waals surface area contributed by atoms with Gasteiger partial charge in [-0.15, -0.1) is 0 Å². The molecule has 1 aromatic heterocycles. The van der Waals surface area contributed by atoms with E-state index in [9.17, 15) is 26.7 Å². The predicted molar refractivity (Wildman–Crippen MR) is 86.1 cm³/mol. The number of carbonyl (C=O) groups is 1. The van der Waals surface area contributed by atoms with Crippen LogP contribution in [0.15, 0.2) is 42.6 Å². The van der Waals surface area contributed by atoms with E-state index < -0.39 is 17.5 Å². The standard InChI is InChI=1S/C18H15F5N2O2/c1-24-15(26)11-2-7-14(25-10-11)27-13-5-3-12(4-6-13)16(8-9-16)17(19,20)18(21,22)23/h2-7,10H,8-9H2,1H3,(H,24,26). The van der Waals surface area contributed by atoms with Gasteiger partial charge in [-0.05, 0) is 36.6 Å². The Morgan fingerprint density at radius 2 is 1.70 bits per heavy atom. The Morgan fingerprint density at radius 1 is 1.07 bits per heavy atom. The highest BCUT2D eigenvalue weighted by Gasteiger charge is 2.75.